The van der Waals surface area contributed by atoms with E-state index in [2.05, 4.69) is 5.10 Å². The van der Waals surface area contributed by atoms with Crippen LogP contribution in [0.25, 0.3) is 0 Å². The highest BCUT2D eigenvalue weighted by Crippen LogP contribution is 2.15. The maximum Gasteiger partial charge on any atom is 0.170 e. The molecule has 0 N–H and O–H groups in total. The summed E-state index contributed by atoms with van der Waals surface area (Å²) >= 11 is 5.64. The fourth-order valence-electron chi connectivity index (χ4n) is 1.35. The average molecular weight is 239 g/mol. The molecule has 3 nitrogen and oxygen atoms in total. The van der Waals surface area contributed by atoms with Gasteiger partial charge >= 0.3 is 0 Å². The second kappa shape index (κ2) is 4.45. The lowest BCUT2D eigenvalue weighted by atomic mass is 10.2. The lowest BCUT2D eigenvalue weighted by Gasteiger charge is -2.03. The Kier molecular flexibility index (Phi) is 3.01. The fourth-order valence-corrected chi connectivity index (χ4v) is 1.51. The molecule has 0 aliphatic carbocycles. The van der Waals surface area contributed by atoms with Crippen LogP contribution in [-0.2, 0) is 6.54 Å². The Bertz CT molecular complexity index is 524. The summed E-state index contributed by atoms with van der Waals surface area (Å²) in [7, 11) is 0. The molecular weight excluding hydrogens is 231 g/mol. The maximum atomic E-state index is 13.4. The first kappa shape index (κ1) is 10.8. The van der Waals surface area contributed by atoms with E-state index in [1.165, 1.54) is 10.7 Å². The Balaban J connectivity index is 2.23. The number of aromatic nitrogens is 2. The van der Waals surface area contributed by atoms with Gasteiger partial charge in [-0.05, 0) is 18.2 Å². The van der Waals surface area contributed by atoms with Crippen molar-refractivity contribution in [3.8, 4) is 0 Å². The number of benzene rings is 1. The van der Waals surface area contributed by atoms with Crippen LogP contribution >= 0.6 is 11.6 Å². The molecule has 82 valence electrons. The monoisotopic (exact) mass is 238 g/mol. The van der Waals surface area contributed by atoms with Crippen LogP contribution in [0.15, 0.2) is 30.5 Å². The van der Waals surface area contributed by atoms with Gasteiger partial charge in [-0.1, -0.05) is 17.7 Å². The largest absolute Gasteiger partial charge is 0.296 e. The van der Waals surface area contributed by atoms with E-state index < -0.39 is 0 Å². The fraction of sp³-hybridized carbons (Fsp3) is 0.0909. The van der Waals surface area contributed by atoms with Gasteiger partial charge in [0, 0.05) is 16.8 Å². The van der Waals surface area contributed by atoms with Crippen molar-refractivity contribution >= 4 is 17.9 Å². The quantitative estimate of drug-likeness (QED) is 0.771. The molecule has 1 aromatic heterocycles. The van der Waals surface area contributed by atoms with E-state index in [1.807, 2.05) is 0 Å². The van der Waals surface area contributed by atoms with E-state index in [-0.39, 0.29) is 12.4 Å². The SMILES string of the molecule is O=Cc1ccn(Cc2ccc(Cl)cc2F)n1. The highest BCUT2D eigenvalue weighted by Gasteiger charge is 2.04. The molecule has 0 saturated heterocycles. The number of carbonyl (C=O) groups excluding carboxylic acids is 1. The lowest BCUT2D eigenvalue weighted by Crippen LogP contribution is -2.03. The van der Waals surface area contributed by atoms with E-state index in [0.717, 1.165) is 0 Å². The summed E-state index contributed by atoms with van der Waals surface area (Å²) in [6, 6.07) is 6.03. The minimum Gasteiger partial charge on any atom is -0.296 e. The van der Waals surface area contributed by atoms with E-state index in [9.17, 15) is 9.18 Å². The molecule has 0 aliphatic heterocycles. The minimum absolute atomic E-state index is 0.275. The molecule has 0 bridgehead atoms. The van der Waals surface area contributed by atoms with Gasteiger partial charge in [0.2, 0.25) is 0 Å². The maximum absolute atomic E-state index is 13.4. The van der Waals surface area contributed by atoms with Gasteiger partial charge in [0.15, 0.2) is 6.29 Å². The van der Waals surface area contributed by atoms with Crippen LogP contribution in [0.1, 0.15) is 16.1 Å². The summed E-state index contributed by atoms with van der Waals surface area (Å²) in [4.78, 5) is 10.4. The zero-order chi connectivity index (χ0) is 11.5. The summed E-state index contributed by atoms with van der Waals surface area (Å²) in [5.74, 6) is -0.379. The van der Waals surface area contributed by atoms with E-state index in [4.69, 9.17) is 11.6 Å². The third-order valence-corrected chi connectivity index (χ3v) is 2.36. The van der Waals surface area contributed by atoms with Crippen LogP contribution < -0.4 is 0 Å². The summed E-state index contributed by atoms with van der Waals surface area (Å²) in [6.07, 6.45) is 2.27. The lowest BCUT2D eigenvalue weighted by molar-refractivity contribution is 0.111. The number of hydrogen-bond acceptors (Lipinski definition) is 2. The zero-order valence-electron chi connectivity index (χ0n) is 8.23. The van der Waals surface area contributed by atoms with Crippen LogP contribution in [-0.4, -0.2) is 16.1 Å². The zero-order valence-corrected chi connectivity index (χ0v) is 8.99. The van der Waals surface area contributed by atoms with Crippen molar-refractivity contribution in [1.29, 1.82) is 0 Å². The van der Waals surface area contributed by atoms with Crippen LogP contribution in [0.5, 0.6) is 0 Å². The van der Waals surface area contributed by atoms with Gasteiger partial charge in [0.05, 0.1) is 6.54 Å². The molecular formula is C11H8ClFN2O. The van der Waals surface area contributed by atoms with Crippen molar-refractivity contribution in [2.45, 2.75) is 6.54 Å². The van der Waals surface area contributed by atoms with Gasteiger partial charge in [-0.3, -0.25) is 9.48 Å². The Morgan fingerprint density at radius 3 is 2.88 bits per heavy atom. The van der Waals surface area contributed by atoms with Gasteiger partial charge in [0.25, 0.3) is 0 Å². The normalized spacial score (nSPS) is 10.4. The minimum atomic E-state index is -0.379. The van der Waals surface area contributed by atoms with Gasteiger partial charge in [-0.2, -0.15) is 5.10 Å². The number of nitrogens with zero attached hydrogens (tertiary/aromatic N) is 2. The highest BCUT2D eigenvalue weighted by molar-refractivity contribution is 6.30. The van der Waals surface area contributed by atoms with Gasteiger partial charge < -0.3 is 0 Å². The van der Waals surface area contributed by atoms with Crippen LogP contribution in [0.2, 0.25) is 5.02 Å². The van der Waals surface area contributed by atoms with Crippen molar-refractivity contribution in [3.05, 3.63) is 52.6 Å². The molecule has 2 rings (SSSR count). The molecule has 2 aromatic rings. The molecule has 0 atom stereocenters. The van der Waals surface area contributed by atoms with Crippen molar-refractivity contribution in [1.82, 2.24) is 9.78 Å². The van der Waals surface area contributed by atoms with Crippen LogP contribution in [0.4, 0.5) is 4.39 Å². The predicted octanol–water partition coefficient (Wildman–Crippen LogP) is 2.54. The third kappa shape index (κ3) is 2.28. The Morgan fingerprint density at radius 1 is 1.44 bits per heavy atom. The molecule has 0 aliphatic rings. The summed E-state index contributed by atoms with van der Waals surface area (Å²) in [6.45, 7) is 0.275. The molecule has 0 unspecified atom stereocenters. The molecule has 0 fully saturated rings. The molecule has 0 radical (unpaired) electrons. The van der Waals surface area contributed by atoms with Crippen LogP contribution in [0, 0.1) is 5.82 Å². The van der Waals surface area contributed by atoms with Crippen molar-refractivity contribution in [2.24, 2.45) is 0 Å². The first-order valence-corrected chi connectivity index (χ1v) is 4.99. The van der Waals surface area contributed by atoms with Crippen LogP contribution in [0.3, 0.4) is 0 Å². The second-order valence-corrected chi connectivity index (χ2v) is 3.73. The van der Waals surface area contributed by atoms with E-state index in [0.29, 0.717) is 22.6 Å². The standard InChI is InChI=1S/C11H8ClFN2O/c12-9-2-1-8(11(13)5-9)6-15-4-3-10(7-16)14-15/h1-5,7H,6H2. The van der Waals surface area contributed by atoms with Crippen molar-refractivity contribution < 1.29 is 9.18 Å². The van der Waals surface area contributed by atoms with Gasteiger partial charge in [0.1, 0.15) is 11.5 Å². The Morgan fingerprint density at radius 2 is 2.25 bits per heavy atom. The third-order valence-electron chi connectivity index (χ3n) is 2.13. The second-order valence-electron chi connectivity index (χ2n) is 3.29. The Labute approximate surface area is 96.5 Å². The van der Waals surface area contributed by atoms with Gasteiger partial charge in [-0.25, -0.2) is 4.39 Å². The number of halogens is 2. The average Bonchev–Trinajstić information content (AvgIpc) is 2.70. The number of hydrogen-bond donors (Lipinski definition) is 0. The molecule has 0 spiro atoms. The predicted molar refractivity (Wildman–Crippen MR) is 58.1 cm³/mol. The number of carbonyl (C=O) groups is 1. The molecule has 0 saturated carbocycles. The molecule has 5 heteroatoms. The van der Waals surface area contributed by atoms with Gasteiger partial charge in [-0.15, -0.1) is 0 Å². The smallest absolute Gasteiger partial charge is 0.170 e. The molecule has 1 aromatic carbocycles. The topological polar surface area (TPSA) is 34.9 Å². The van der Waals surface area contributed by atoms with Crippen molar-refractivity contribution in [3.63, 3.8) is 0 Å². The number of rotatable bonds is 3. The van der Waals surface area contributed by atoms with E-state index >= 15 is 0 Å². The summed E-state index contributed by atoms with van der Waals surface area (Å²) < 4.78 is 14.9. The van der Waals surface area contributed by atoms with E-state index in [1.54, 1.807) is 24.4 Å². The molecule has 1 heterocycles. The first-order valence-electron chi connectivity index (χ1n) is 4.61. The first-order chi connectivity index (χ1) is 7.69. The summed E-state index contributed by atoms with van der Waals surface area (Å²) in [5, 5.41) is 4.29. The number of aldehydes is 1. The summed E-state index contributed by atoms with van der Waals surface area (Å²) in [5.41, 5.74) is 0.805. The Hall–Kier alpha value is -1.68. The molecule has 0 amide bonds. The molecule has 16 heavy (non-hydrogen) atoms. The highest BCUT2D eigenvalue weighted by atomic mass is 35.5. The van der Waals surface area contributed by atoms with Crippen molar-refractivity contribution in [2.75, 3.05) is 0 Å².